The molecule has 2 aliphatic rings. The van der Waals surface area contributed by atoms with Gasteiger partial charge in [0.2, 0.25) is 11.8 Å². The molecule has 0 bridgehead atoms. The van der Waals surface area contributed by atoms with Gasteiger partial charge >= 0.3 is 0 Å². The number of hydrogen-bond acceptors (Lipinski definition) is 3. The molecule has 0 unspecified atom stereocenters. The second-order valence-corrected chi connectivity index (χ2v) is 6.38. The van der Waals surface area contributed by atoms with Crippen molar-refractivity contribution in [2.24, 2.45) is 0 Å². The summed E-state index contributed by atoms with van der Waals surface area (Å²) in [6, 6.07) is 7.76. The van der Waals surface area contributed by atoms with Crippen LogP contribution in [0.2, 0.25) is 0 Å². The largest absolute Gasteiger partial charge is 0.312 e. The molecule has 1 aromatic heterocycles. The number of carbonyl (C=O) groups is 2. The summed E-state index contributed by atoms with van der Waals surface area (Å²) in [5, 5.41) is 7.02. The first kappa shape index (κ1) is 14.9. The van der Waals surface area contributed by atoms with Crippen molar-refractivity contribution in [3.63, 3.8) is 0 Å². The van der Waals surface area contributed by atoms with Gasteiger partial charge in [-0.15, -0.1) is 0 Å². The summed E-state index contributed by atoms with van der Waals surface area (Å²) in [6.45, 7) is 1.50. The molecule has 4 rings (SSSR count). The van der Waals surface area contributed by atoms with E-state index in [-0.39, 0.29) is 11.8 Å². The first-order valence-electron chi connectivity index (χ1n) is 8.44. The van der Waals surface area contributed by atoms with Gasteiger partial charge in [0, 0.05) is 25.2 Å². The number of aromatic nitrogens is 2. The molecule has 1 aromatic carbocycles. The zero-order valence-electron chi connectivity index (χ0n) is 13.5. The number of hydrogen-bond donors (Lipinski definition) is 1. The molecule has 0 aliphatic carbocycles. The van der Waals surface area contributed by atoms with Crippen LogP contribution in [0.1, 0.15) is 30.5 Å². The third-order valence-electron chi connectivity index (χ3n) is 4.75. The van der Waals surface area contributed by atoms with Gasteiger partial charge in [0.1, 0.15) is 0 Å². The van der Waals surface area contributed by atoms with Crippen LogP contribution in [0.15, 0.2) is 30.5 Å². The molecule has 2 aromatic rings. The molecule has 6 nitrogen and oxygen atoms in total. The van der Waals surface area contributed by atoms with E-state index < -0.39 is 0 Å². The van der Waals surface area contributed by atoms with E-state index in [4.69, 9.17) is 0 Å². The van der Waals surface area contributed by atoms with E-state index in [1.165, 1.54) is 0 Å². The number of anilines is 2. The third-order valence-corrected chi connectivity index (χ3v) is 4.75. The summed E-state index contributed by atoms with van der Waals surface area (Å²) in [7, 11) is 0. The number of fused-ring (bicyclic) bond motifs is 1. The van der Waals surface area contributed by atoms with Crippen molar-refractivity contribution in [1.29, 1.82) is 0 Å². The molecule has 1 fully saturated rings. The number of benzene rings is 1. The van der Waals surface area contributed by atoms with Crippen LogP contribution in [0.3, 0.4) is 0 Å². The maximum absolute atomic E-state index is 12.7. The Morgan fingerprint density at radius 1 is 1.21 bits per heavy atom. The van der Waals surface area contributed by atoms with Crippen molar-refractivity contribution in [2.75, 3.05) is 22.9 Å². The summed E-state index contributed by atoms with van der Waals surface area (Å²) in [5.41, 5.74) is 3.77. The lowest BCUT2D eigenvalue weighted by molar-refractivity contribution is -0.118. The molecule has 1 saturated heterocycles. The van der Waals surface area contributed by atoms with E-state index in [1.54, 1.807) is 6.20 Å². The van der Waals surface area contributed by atoms with Gasteiger partial charge in [-0.3, -0.25) is 14.7 Å². The number of carbonyl (C=O) groups excluding carboxylic acids is 2. The number of amides is 2. The fourth-order valence-electron chi connectivity index (χ4n) is 3.54. The van der Waals surface area contributed by atoms with E-state index >= 15 is 0 Å². The summed E-state index contributed by atoms with van der Waals surface area (Å²) in [4.78, 5) is 28.3. The van der Waals surface area contributed by atoms with Crippen LogP contribution < -0.4 is 9.80 Å². The standard InChI is InChI=1S/C18H20N4O2/c23-17-7-3-8-21(17)14-5-1-4-13(10-14)11-18(24)22-9-2-6-15-16(22)12-19-20-15/h1,4-5,10,12H,2-3,6-9,11H2,(H,19,20). The zero-order valence-corrected chi connectivity index (χ0v) is 13.5. The minimum Gasteiger partial charge on any atom is -0.312 e. The van der Waals surface area contributed by atoms with E-state index in [0.29, 0.717) is 12.8 Å². The van der Waals surface area contributed by atoms with Gasteiger partial charge in [-0.1, -0.05) is 12.1 Å². The van der Waals surface area contributed by atoms with E-state index in [1.807, 2.05) is 34.1 Å². The minimum absolute atomic E-state index is 0.0715. The van der Waals surface area contributed by atoms with Crippen LogP contribution in [0.4, 0.5) is 11.4 Å². The van der Waals surface area contributed by atoms with Gasteiger partial charge in [-0.05, 0) is 37.0 Å². The van der Waals surface area contributed by atoms with Crippen molar-refractivity contribution < 1.29 is 9.59 Å². The SMILES string of the molecule is O=C1CCCN1c1cccc(CC(=O)N2CCCc3[nH]ncc32)c1. The Hall–Kier alpha value is -2.63. The Labute approximate surface area is 140 Å². The molecular weight excluding hydrogens is 304 g/mol. The maximum atomic E-state index is 12.7. The average Bonchev–Trinajstić information content (AvgIpc) is 3.23. The fourth-order valence-corrected chi connectivity index (χ4v) is 3.54. The first-order chi connectivity index (χ1) is 11.7. The Bertz CT molecular complexity index is 783. The quantitative estimate of drug-likeness (QED) is 0.939. The Balaban J connectivity index is 1.52. The molecule has 2 aliphatic heterocycles. The third kappa shape index (κ3) is 2.68. The number of aryl methyl sites for hydroxylation is 1. The monoisotopic (exact) mass is 324 g/mol. The van der Waals surface area contributed by atoms with Gasteiger partial charge in [0.05, 0.1) is 24.0 Å². The molecule has 0 spiro atoms. The Kier molecular flexibility index (Phi) is 3.80. The number of nitrogens with one attached hydrogen (secondary N) is 1. The topological polar surface area (TPSA) is 69.3 Å². The average molecular weight is 324 g/mol. The fraction of sp³-hybridized carbons (Fsp3) is 0.389. The van der Waals surface area contributed by atoms with Gasteiger partial charge in [0.15, 0.2) is 0 Å². The van der Waals surface area contributed by atoms with Crippen LogP contribution in [0, 0.1) is 0 Å². The number of aromatic amines is 1. The zero-order chi connectivity index (χ0) is 16.5. The Morgan fingerprint density at radius 2 is 2.08 bits per heavy atom. The van der Waals surface area contributed by atoms with Gasteiger partial charge in [-0.25, -0.2) is 0 Å². The predicted octanol–water partition coefficient (Wildman–Crippen LogP) is 2.06. The lowest BCUT2D eigenvalue weighted by atomic mass is 10.1. The molecule has 6 heteroatoms. The second-order valence-electron chi connectivity index (χ2n) is 6.38. The van der Waals surface area contributed by atoms with Crippen molar-refractivity contribution in [3.8, 4) is 0 Å². The predicted molar refractivity (Wildman–Crippen MR) is 91.0 cm³/mol. The highest BCUT2D eigenvalue weighted by molar-refractivity contribution is 5.97. The van der Waals surface area contributed by atoms with E-state index in [9.17, 15) is 9.59 Å². The van der Waals surface area contributed by atoms with Gasteiger partial charge < -0.3 is 9.80 Å². The summed E-state index contributed by atoms with van der Waals surface area (Å²) < 4.78 is 0. The summed E-state index contributed by atoms with van der Waals surface area (Å²) in [6.07, 6.45) is 5.46. The molecule has 124 valence electrons. The molecule has 1 N–H and O–H groups in total. The van der Waals surface area contributed by atoms with Crippen LogP contribution in [0.25, 0.3) is 0 Å². The summed E-state index contributed by atoms with van der Waals surface area (Å²) >= 11 is 0. The van der Waals surface area contributed by atoms with Crippen LogP contribution in [-0.4, -0.2) is 35.1 Å². The second kappa shape index (κ2) is 6.11. The molecule has 3 heterocycles. The smallest absolute Gasteiger partial charge is 0.231 e. The highest BCUT2D eigenvalue weighted by Crippen LogP contribution is 2.26. The van der Waals surface area contributed by atoms with Crippen molar-refractivity contribution in [3.05, 3.63) is 41.7 Å². The number of nitrogens with zero attached hydrogens (tertiary/aromatic N) is 3. The highest BCUT2D eigenvalue weighted by Gasteiger charge is 2.25. The molecule has 0 radical (unpaired) electrons. The molecular formula is C18H20N4O2. The van der Waals surface area contributed by atoms with Crippen molar-refractivity contribution in [2.45, 2.75) is 32.1 Å². The molecule has 0 saturated carbocycles. The summed E-state index contributed by atoms with van der Waals surface area (Å²) in [5.74, 6) is 0.236. The van der Waals surface area contributed by atoms with Gasteiger partial charge in [0.25, 0.3) is 0 Å². The number of rotatable bonds is 3. The lowest BCUT2D eigenvalue weighted by Crippen LogP contribution is -2.36. The van der Waals surface area contributed by atoms with Crippen molar-refractivity contribution >= 4 is 23.2 Å². The maximum Gasteiger partial charge on any atom is 0.231 e. The highest BCUT2D eigenvalue weighted by atomic mass is 16.2. The lowest BCUT2D eigenvalue weighted by Gasteiger charge is -2.26. The van der Waals surface area contributed by atoms with Gasteiger partial charge in [-0.2, -0.15) is 5.10 Å². The molecule has 2 amide bonds. The molecule has 0 atom stereocenters. The first-order valence-corrected chi connectivity index (χ1v) is 8.44. The van der Waals surface area contributed by atoms with E-state index in [0.717, 1.165) is 55.0 Å². The van der Waals surface area contributed by atoms with Crippen molar-refractivity contribution in [1.82, 2.24) is 10.2 Å². The van der Waals surface area contributed by atoms with Crippen LogP contribution in [-0.2, 0) is 22.4 Å². The van der Waals surface area contributed by atoms with Crippen LogP contribution in [0.5, 0.6) is 0 Å². The normalized spacial score (nSPS) is 17.2. The number of H-pyrrole nitrogens is 1. The van der Waals surface area contributed by atoms with Crippen LogP contribution >= 0.6 is 0 Å². The molecule has 24 heavy (non-hydrogen) atoms. The Morgan fingerprint density at radius 3 is 2.92 bits per heavy atom. The van der Waals surface area contributed by atoms with E-state index in [2.05, 4.69) is 10.2 Å². The minimum atomic E-state index is 0.0715.